The minimum atomic E-state index is -0.246. The van der Waals surface area contributed by atoms with Crippen molar-refractivity contribution in [3.05, 3.63) is 36.1 Å². The van der Waals surface area contributed by atoms with Gasteiger partial charge in [-0.25, -0.2) is 0 Å². The molecule has 23 heavy (non-hydrogen) atoms. The van der Waals surface area contributed by atoms with Crippen molar-refractivity contribution in [3.63, 3.8) is 0 Å². The molecular formula is C17H24N4O2. The fourth-order valence-electron chi connectivity index (χ4n) is 2.14. The van der Waals surface area contributed by atoms with Crippen LogP contribution in [0.4, 0.5) is 0 Å². The number of nitrogens with one attached hydrogen (secondary N) is 3. The number of carbonyl (C=O) groups excluding carboxylic acids is 1. The minimum Gasteiger partial charge on any atom is -0.459 e. The van der Waals surface area contributed by atoms with Crippen LogP contribution in [-0.4, -0.2) is 31.0 Å². The molecule has 6 nitrogen and oxygen atoms in total. The van der Waals surface area contributed by atoms with Gasteiger partial charge in [0.25, 0.3) is 0 Å². The van der Waals surface area contributed by atoms with Gasteiger partial charge in [0, 0.05) is 18.0 Å². The van der Waals surface area contributed by atoms with Gasteiger partial charge in [0.1, 0.15) is 11.3 Å². The van der Waals surface area contributed by atoms with Crippen LogP contribution in [0.5, 0.6) is 0 Å². The summed E-state index contributed by atoms with van der Waals surface area (Å²) < 4.78 is 5.73. The van der Waals surface area contributed by atoms with E-state index in [-0.39, 0.29) is 18.0 Å². The summed E-state index contributed by atoms with van der Waals surface area (Å²) in [7, 11) is 1.66. The molecule has 0 aliphatic carbocycles. The Balaban J connectivity index is 1.84. The fraction of sp³-hybridized carbons (Fsp3) is 0.412. The molecule has 0 atom stereocenters. The summed E-state index contributed by atoms with van der Waals surface area (Å²) >= 11 is 0. The normalized spacial score (nSPS) is 12.3. The standard InChI is InChI=1S/C17H24N4O2/c1-17(2,3)21-15(22)11-20-16(18-4)19-10-13-9-12-7-5-6-8-14(12)23-13/h5-9H,10-11H2,1-4H3,(H,21,22)(H2,18,19,20). The van der Waals surface area contributed by atoms with E-state index in [1.54, 1.807) is 7.05 Å². The number of para-hydroxylation sites is 1. The van der Waals surface area contributed by atoms with Gasteiger partial charge in [-0.2, -0.15) is 0 Å². The summed E-state index contributed by atoms with van der Waals surface area (Å²) in [6, 6.07) is 9.84. The first-order valence-electron chi connectivity index (χ1n) is 7.60. The van der Waals surface area contributed by atoms with E-state index in [4.69, 9.17) is 4.42 Å². The number of amides is 1. The maximum absolute atomic E-state index is 11.8. The van der Waals surface area contributed by atoms with Crippen LogP contribution in [0.3, 0.4) is 0 Å². The van der Waals surface area contributed by atoms with Gasteiger partial charge in [-0.3, -0.25) is 9.79 Å². The molecule has 6 heteroatoms. The van der Waals surface area contributed by atoms with E-state index >= 15 is 0 Å². The molecule has 0 spiro atoms. The van der Waals surface area contributed by atoms with Crippen molar-refractivity contribution in [2.45, 2.75) is 32.9 Å². The summed E-state index contributed by atoms with van der Waals surface area (Å²) in [5, 5.41) is 10.1. The van der Waals surface area contributed by atoms with Crippen LogP contribution in [0.15, 0.2) is 39.7 Å². The van der Waals surface area contributed by atoms with Crippen molar-refractivity contribution in [3.8, 4) is 0 Å². The van der Waals surface area contributed by atoms with Crippen molar-refractivity contribution in [2.24, 2.45) is 4.99 Å². The lowest BCUT2D eigenvalue weighted by atomic mass is 10.1. The number of guanidine groups is 1. The van der Waals surface area contributed by atoms with E-state index in [2.05, 4.69) is 20.9 Å². The van der Waals surface area contributed by atoms with Gasteiger partial charge in [-0.1, -0.05) is 18.2 Å². The van der Waals surface area contributed by atoms with Crippen LogP contribution < -0.4 is 16.0 Å². The summed E-state index contributed by atoms with van der Waals surface area (Å²) in [6.45, 7) is 6.49. The molecule has 124 valence electrons. The Morgan fingerprint density at radius 1 is 1.22 bits per heavy atom. The first-order valence-corrected chi connectivity index (χ1v) is 7.60. The van der Waals surface area contributed by atoms with Gasteiger partial charge in [0.15, 0.2) is 5.96 Å². The van der Waals surface area contributed by atoms with Crippen LogP contribution in [0.1, 0.15) is 26.5 Å². The average molecular weight is 316 g/mol. The second kappa shape index (κ2) is 7.17. The first-order chi connectivity index (χ1) is 10.9. The zero-order valence-electron chi connectivity index (χ0n) is 14.1. The Hall–Kier alpha value is -2.50. The third kappa shape index (κ3) is 5.32. The van der Waals surface area contributed by atoms with Crippen molar-refractivity contribution in [1.82, 2.24) is 16.0 Å². The second-order valence-electron chi connectivity index (χ2n) is 6.33. The van der Waals surface area contributed by atoms with Gasteiger partial charge in [-0.15, -0.1) is 0 Å². The van der Waals surface area contributed by atoms with Crippen LogP contribution in [0.2, 0.25) is 0 Å². The molecule has 3 N–H and O–H groups in total. The Morgan fingerprint density at radius 2 is 1.96 bits per heavy atom. The average Bonchev–Trinajstić information content (AvgIpc) is 2.88. The van der Waals surface area contributed by atoms with Crippen molar-refractivity contribution >= 4 is 22.8 Å². The summed E-state index contributed by atoms with van der Waals surface area (Å²) in [5.74, 6) is 1.28. The molecule has 0 fully saturated rings. The predicted octanol–water partition coefficient (Wildman–Crippen LogP) is 2.01. The zero-order valence-corrected chi connectivity index (χ0v) is 14.1. The third-order valence-electron chi connectivity index (χ3n) is 3.06. The molecule has 1 amide bonds. The van der Waals surface area contributed by atoms with Crippen LogP contribution >= 0.6 is 0 Å². The van der Waals surface area contributed by atoms with E-state index < -0.39 is 0 Å². The minimum absolute atomic E-state index is 0.0795. The maximum Gasteiger partial charge on any atom is 0.239 e. The summed E-state index contributed by atoms with van der Waals surface area (Å²) in [6.07, 6.45) is 0. The van der Waals surface area contributed by atoms with E-state index in [9.17, 15) is 4.79 Å². The lowest BCUT2D eigenvalue weighted by molar-refractivity contribution is -0.121. The van der Waals surface area contributed by atoms with Crippen LogP contribution in [0.25, 0.3) is 11.0 Å². The SMILES string of the molecule is CN=C(NCC(=O)NC(C)(C)C)NCc1cc2ccccc2o1. The Kier molecular flexibility index (Phi) is 5.26. The molecular weight excluding hydrogens is 292 g/mol. The van der Waals surface area contributed by atoms with Crippen molar-refractivity contribution in [1.29, 1.82) is 0 Å². The predicted molar refractivity (Wildman–Crippen MR) is 92.3 cm³/mol. The number of furan rings is 1. The maximum atomic E-state index is 11.8. The molecule has 1 aromatic carbocycles. The van der Waals surface area contributed by atoms with E-state index in [1.165, 1.54) is 0 Å². The molecule has 0 saturated heterocycles. The Bertz CT molecular complexity index is 665. The Morgan fingerprint density at radius 3 is 2.61 bits per heavy atom. The topological polar surface area (TPSA) is 78.7 Å². The highest BCUT2D eigenvalue weighted by atomic mass is 16.3. The van der Waals surface area contributed by atoms with Gasteiger partial charge >= 0.3 is 0 Å². The number of rotatable bonds is 4. The molecule has 1 aromatic heterocycles. The molecule has 2 aromatic rings. The second-order valence-corrected chi connectivity index (χ2v) is 6.33. The van der Waals surface area contributed by atoms with Gasteiger partial charge in [0.05, 0.1) is 13.1 Å². The number of fused-ring (bicyclic) bond motifs is 1. The molecule has 0 radical (unpaired) electrons. The lowest BCUT2D eigenvalue weighted by Crippen LogP contribution is -2.48. The van der Waals surface area contributed by atoms with Crippen molar-refractivity contribution < 1.29 is 9.21 Å². The Labute approximate surface area is 136 Å². The number of carbonyl (C=O) groups is 1. The number of nitrogens with zero attached hydrogens (tertiary/aromatic N) is 1. The molecule has 0 aliphatic rings. The molecule has 0 bridgehead atoms. The third-order valence-corrected chi connectivity index (χ3v) is 3.06. The quantitative estimate of drug-likeness (QED) is 0.595. The highest BCUT2D eigenvalue weighted by Gasteiger charge is 2.13. The first kappa shape index (κ1) is 16.9. The van der Waals surface area contributed by atoms with Gasteiger partial charge in [-0.05, 0) is 32.9 Å². The molecule has 1 heterocycles. The van der Waals surface area contributed by atoms with Crippen molar-refractivity contribution in [2.75, 3.05) is 13.6 Å². The number of benzene rings is 1. The number of aliphatic imine (C=N–C) groups is 1. The van der Waals surface area contributed by atoms with E-state index in [0.717, 1.165) is 16.7 Å². The summed E-state index contributed by atoms with van der Waals surface area (Å²) in [5.41, 5.74) is 0.612. The highest BCUT2D eigenvalue weighted by Crippen LogP contribution is 2.18. The van der Waals surface area contributed by atoms with E-state index in [0.29, 0.717) is 12.5 Å². The molecule has 0 aliphatic heterocycles. The largest absolute Gasteiger partial charge is 0.459 e. The fourth-order valence-corrected chi connectivity index (χ4v) is 2.14. The van der Waals surface area contributed by atoms with Gasteiger partial charge in [0.2, 0.25) is 5.91 Å². The monoisotopic (exact) mass is 316 g/mol. The highest BCUT2D eigenvalue weighted by molar-refractivity contribution is 5.86. The number of hydrogen-bond acceptors (Lipinski definition) is 3. The van der Waals surface area contributed by atoms with Gasteiger partial charge < -0.3 is 20.4 Å². The molecule has 0 unspecified atom stereocenters. The van der Waals surface area contributed by atoms with Crippen LogP contribution in [-0.2, 0) is 11.3 Å². The smallest absolute Gasteiger partial charge is 0.239 e. The lowest BCUT2D eigenvalue weighted by Gasteiger charge is -2.21. The summed E-state index contributed by atoms with van der Waals surface area (Å²) in [4.78, 5) is 15.9. The van der Waals surface area contributed by atoms with Crippen LogP contribution in [0, 0.1) is 0 Å². The zero-order chi connectivity index (χ0) is 16.9. The molecule has 2 rings (SSSR count). The number of hydrogen-bond donors (Lipinski definition) is 3. The molecule has 0 saturated carbocycles. The van der Waals surface area contributed by atoms with E-state index in [1.807, 2.05) is 51.1 Å².